The Balaban J connectivity index is 1.24. The molecule has 5 aromatic rings. The Morgan fingerprint density at radius 2 is 1.49 bits per heavy atom. The van der Waals surface area contributed by atoms with Crippen LogP contribution in [0.1, 0.15) is 82.2 Å². The zero-order valence-corrected chi connectivity index (χ0v) is 25.4. The van der Waals surface area contributed by atoms with Crippen LogP contribution in [-0.2, 0) is 47.1 Å². The lowest BCUT2D eigenvalue weighted by Crippen LogP contribution is -2.24. The van der Waals surface area contributed by atoms with Crippen LogP contribution < -0.4 is 0 Å². The van der Waals surface area contributed by atoms with Gasteiger partial charge in [0.2, 0.25) is 0 Å². The first-order valence-electron chi connectivity index (χ1n) is 17.4. The van der Waals surface area contributed by atoms with E-state index in [-0.39, 0.29) is 22.2 Å². The van der Waals surface area contributed by atoms with Gasteiger partial charge in [-0.25, -0.2) is 0 Å². The fourth-order valence-electron chi connectivity index (χ4n) is 14.1. The third kappa shape index (κ3) is 1.78. The molecule has 0 bridgehead atoms. The first-order valence-corrected chi connectivity index (χ1v) is 17.4. The number of methoxy groups -OCH3 is 1. The van der Waals surface area contributed by atoms with E-state index in [1.807, 2.05) is 0 Å². The lowest BCUT2D eigenvalue weighted by atomic mass is 9.71. The maximum atomic E-state index is 12.5. The predicted molar refractivity (Wildman–Crippen MR) is 179 cm³/mol. The van der Waals surface area contributed by atoms with Crippen molar-refractivity contribution in [2.45, 2.75) is 69.6 Å². The summed E-state index contributed by atoms with van der Waals surface area (Å²) >= 11 is 0. The second kappa shape index (κ2) is 6.27. The van der Waals surface area contributed by atoms with E-state index in [2.05, 4.69) is 42.5 Å². The summed E-state index contributed by atoms with van der Waals surface area (Å²) in [6, 6.07) is 7.96. The molecule has 1 fully saturated rings. The van der Waals surface area contributed by atoms with Crippen molar-refractivity contribution in [2.75, 3.05) is 7.11 Å². The van der Waals surface area contributed by atoms with E-state index in [9.17, 15) is 4.79 Å². The molecule has 2 heteroatoms. The maximum absolute atomic E-state index is 12.5. The largest absolute Gasteiger partial charge is 0.469 e. The van der Waals surface area contributed by atoms with Crippen LogP contribution in [0.5, 0.6) is 0 Å². The molecular formula is C43H30O2. The molecule has 3 atom stereocenters. The molecule has 2 nitrogen and oxygen atoms in total. The van der Waals surface area contributed by atoms with Gasteiger partial charge in [-0.2, -0.15) is 0 Å². The van der Waals surface area contributed by atoms with Gasteiger partial charge in [-0.15, -0.1) is 0 Å². The van der Waals surface area contributed by atoms with Gasteiger partial charge in [-0.3, -0.25) is 4.79 Å². The van der Waals surface area contributed by atoms with Crippen LogP contribution >= 0.6 is 0 Å². The number of hydrogen-bond acceptors (Lipinski definition) is 2. The standard InChI is InChI=1S/C43H30O2/c1-45-27(44)8-5-11-42(26-6-3-2-4-7-26)41-17-24-15-22-13-20-10-9-19-12-21-14-23-16-25(18-41)39-37-31(23)30(21)34-28(19)29(20)35-32(22)33(24)40(43(39,41)42)38(37)36(34)35/h2-3,6,12-13,16-17H,4-5,7-11,14-15,18H2,1H3. The van der Waals surface area contributed by atoms with Gasteiger partial charge in [0, 0.05) is 22.7 Å². The van der Waals surface area contributed by atoms with Gasteiger partial charge in [0.05, 0.1) is 7.11 Å². The minimum atomic E-state index is -0.0689. The summed E-state index contributed by atoms with van der Waals surface area (Å²) < 4.78 is 5.18. The Kier molecular flexibility index (Phi) is 3.12. The van der Waals surface area contributed by atoms with Gasteiger partial charge < -0.3 is 4.74 Å². The van der Waals surface area contributed by atoms with Crippen molar-refractivity contribution >= 4 is 54.6 Å². The van der Waals surface area contributed by atoms with Crippen LogP contribution in [0.15, 0.2) is 48.1 Å². The number of carbonyl (C=O) groups is 1. The number of allylic oxidation sites excluding steroid dienone is 6. The van der Waals surface area contributed by atoms with Gasteiger partial charge in [-0.05, 0) is 168 Å². The molecule has 0 saturated heterocycles. The molecule has 1 spiro atoms. The van der Waals surface area contributed by atoms with Gasteiger partial charge >= 0.3 is 5.97 Å². The van der Waals surface area contributed by atoms with Crippen molar-refractivity contribution in [2.24, 2.45) is 10.8 Å². The Hall–Kier alpha value is -4.17. The van der Waals surface area contributed by atoms with E-state index < -0.39 is 0 Å². The molecule has 3 unspecified atom stereocenters. The third-order valence-electron chi connectivity index (χ3n) is 14.8. The summed E-state index contributed by atoms with van der Waals surface area (Å²) in [4.78, 5) is 12.5. The average molecular weight is 579 g/mol. The minimum Gasteiger partial charge on any atom is -0.469 e. The summed E-state index contributed by atoms with van der Waals surface area (Å²) in [5.74, 6) is -0.0689. The lowest BCUT2D eigenvalue weighted by Gasteiger charge is -2.31. The van der Waals surface area contributed by atoms with Crippen LogP contribution in [0.2, 0.25) is 0 Å². The van der Waals surface area contributed by atoms with Crippen LogP contribution in [0.25, 0.3) is 59.8 Å². The van der Waals surface area contributed by atoms with Gasteiger partial charge in [0.15, 0.2) is 0 Å². The molecular weight excluding hydrogens is 548 g/mol. The summed E-state index contributed by atoms with van der Waals surface area (Å²) in [5, 5.41) is 13.0. The Morgan fingerprint density at radius 3 is 2.27 bits per heavy atom. The van der Waals surface area contributed by atoms with E-state index in [1.165, 1.54) is 12.8 Å². The van der Waals surface area contributed by atoms with E-state index in [0.29, 0.717) is 6.42 Å². The fourth-order valence-corrected chi connectivity index (χ4v) is 14.1. The average Bonchev–Trinajstić information content (AvgIpc) is 3.68. The van der Waals surface area contributed by atoms with Gasteiger partial charge in [-0.1, -0.05) is 48.1 Å². The number of aryl methyl sites for hydroxylation is 2. The van der Waals surface area contributed by atoms with E-state index in [0.717, 1.165) is 44.9 Å². The topological polar surface area (TPSA) is 26.3 Å². The highest BCUT2D eigenvalue weighted by atomic mass is 16.5. The number of benzene rings is 5. The summed E-state index contributed by atoms with van der Waals surface area (Å²) in [6.07, 6.45) is 20.4. The van der Waals surface area contributed by atoms with Crippen LogP contribution in [0.3, 0.4) is 0 Å². The Labute approximate surface area is 260 Å². The predicted octanol–water partition coefficient (Wildman–Crippen LogP) is 9.00. The summed E-state index contributed by atoms with van der Waals surface area (Å²) in [7, 11) is 1.54. The quantitative estimate of drug-likeness (QED) is 0.151. The van der Waals surface area contributed by atoms with Crippen LogP contribution in [0.4, 0.5) is 0 Å². The maximum Gasteiger partial charge on any atom is 0.305 e. The van der Waals surface area contributed by atoms with Crippen molar-refractivity contribution < 1.29 is 9.53 Å². The number of rotatable bonds is 5. The molecule has 0 aliphatic heterocycles. The molecule has 5 aromatic carbocycles. The number of hydrogen-bond donors (Lipinski definition) is 0. The smallest absolute Gasteiger partial charge is 0.305 e. The summed E-state index contributed by atoms with van der Waals surface area (Å²) in [6.45, 7) is 0. The van der Waals surface area contributed by atoms with Crippen molar-refractivity contribution in [1.82, 2.24) is 0 Å². The second-order valence-corrected chi connectivity index (χ2v) is 15.9. The van der Waals surface area contributed by atoms with Crippen molar-refractivity contribution in [3.8, 4) is 11.1 Å². The van der Waals surface area contributed by atoms with Crippen molar-refractivity contribution in [1.29, 1.82) is 0 Å². The SMILES string of the molecule is COC(=O)CCCC1(C2=CC=CCC2)C23C=C4Cc5cc6c7c8c5c4c4c5c9c(c(cc%10c9c9c(cc(c-7c9c85)CC6)C%10)C2)C431. The van der Waals surface area contributed by atoms with Crippen molar-refractivity contribution in [3.63, 3.8) is 0 Å². The van der Waals surface area contributed by atoms with Gasteiger partial charge in [0.1, 0.15) is 0 Å². The van der Waals surface area contributed by atoms with Gasteiger partial charge in [0.25, 0.3) is 0 Å². The Bertz CT molecular complexity index is 2660. The summed E-state index contributed by atoms with van der Waals surface area (Å²) in [5.41, 5.74) is 21.3. The minimum absolute atomic E-state index is 0.0112. The molecule has 1 saturated carbocycles. The molecule has 214 valence electrons. The monoisotopic (exact) mass is 578 g/mol. The molecule has 0 N–H and O–H groups in total. The number of ether oxygens (including phenoxy) is 1. The highest BCUT2D eigenvalue weighted by Gasteiger charge is 2.91. The highest BCUT2D eigenvalue weighted by Crippen LogP contribution is 2.95. The van der Waals surface area contributed by atoms with E-state index >= 15 is 0 Å². The molecule has 45 heavy (non-hydrogen) atoms. The first-order chi connectivity index (χ1) is 22.1. The first kappa shape index (κ1) is 22.4. The normalized spacial score (nSPS) is 29.2. The van der Waals surface area contributed by atoms with E-state index in [4.69, 9.17) is 4.74 Å². The zero-order chi connectivity index (χ0) is 28.9. The lowest BCUT2D eigenvalue weighted by molar-refractivity contribution is -0.140. The molecule has 0 amide bonds. The molecule has 0 radical (unpaired) electrons. The zero-order valence-electron chi connectivity index (χ0n) is 25.4. The molecule has 9 aliphatic carbocycles. The number of carbonyl (C=O) groups excluding carboxylic acids is 1. The Morgan fingerprint density at radius 1 is 0.756 bits per heavy atom. The second-order valence-electron chi connectivity index (χ2n) is 15.9. The van der Waals surface area contributed by atoms with Crippen LogP contribution in [-0.4, -0.2) is 13.1 Å². The fraction of sp³-hybridized carbons (Fsp3) is 0.326. The third-order valence-corrected chi connectivity index (χ3v) is 14.8. The molecule has 0 aromatic heterocycles. The molecule has 9 aliphatic rings. The molecule has 14 rings (SSSR count). The van der Waals surface area contributed by atoms with Crippen LogP contribution in [0, 0.1) is 10.8 Å². The highest BCUT2D eigenvalue weighted by molar-refractivity contribution is 6.46. The molecule has 0 heterocycles. The number of esters is 1. The van der Waals surface area contributed by atoms with Crippen molar-refractivity contribution in [3.05, 3.63) is 98.1 Å². The van der Waals surface area contributed by atoms with E-state index in [1.54, 1.807) is 123 Å².